The average molecular weight is 399 g/mol. The molecule has 4 rings (SSSR count). The van der Waals surface area contributed by atoms with Gasteiger partial charge in [0.2, 0.25) is 0 Å². The predicted molar refractivity (Wildman–Crippen MR) is 108 cm³/mol. The Bertz CT molecular complexity index is 876. The van der Waals surface area contributed by atoms with E-state index in [-0.39, 0.29) is 17.4 Å². The summed E-state index contributed by atoms with van der Waals surface area (Å²) < 4.78 is 10.9. The van der Waals surface area contributed by atoms with Crippen LogP contribution >= 0.6 is 0 Å². The van der Waals surface area contributed by atoms with Gasteiger partial charge in [-0.25, -0.2) is 4.79 Å². The molecule has 4 atom stereocenters. The lowest BCUT2D eigenvalue weighted by atomic mass is 9.55. The Kier molecular flexibility index (Phi) is 5.13. The van der Waals surface area contributed by atoms with Crippen LogP contribution in [0.25, 0.3) is 0 Å². The number of esters is 1. The number of methoxy groups -OCH3 is 1. The molecule has 0 aromatic heterocycles. The van der Waals surface area contributed by atoms with E-state index in [1.807, 2.05) is 6.07 Å². The fourth-order valence-electron chi connectivity index (χ4n) is 6.03. The molecule has 2 fully saturated rings. The zero-order chi connectivity index (χ0) is 20.8. The normalized spacial score (nSPS) is 31.4. The number of ether oxygens (including phenoxy) is 2. The minimum Gasteiger partial charge on any atom is -0.493 e. The second-order valence-corrected chi connectivity index (χ2v) is 8.83. The standard InChI is InChI=1S/C23H29NO5/c1-13(25)28-21-11-15-5-6-17-16(18(15)12-20(21)27-4)9-10-23(3)19(17)7-8-22(23)24-29-14(2)26/h11-12,16-17,19H,5-10H2,1-4H3/b24-22+/t16?,17?,19?,23-/m0/s1. The third-order valence-electron chi connectivity index (χ3n) is 7.29. The quantitative estimate of drug-likeness (QED) is 0.326. The second-order valence-electron chi connectivity index (χ2n) is 8.83. The molecular weight excluding hydrogens is 370 g/mol. The molecule has 29 heavy (non-hydrogen) atoms. The zero-order valence-electron chi connectivity index (χ0n) is 17.6. The van der Waals surface area contributed by atoms with Gasteiger partial charge in [0.05, 0.1) is 12.8 Å². The molecule has 1 aromatic carbocycles. The van der Waals surface area contributed by atoms with Crippen molar-refractivity contribution in [1.82, 2.24) is 0 Å². The summed E-state index contributed by atoms with van der Waals surface area (Å²) in [5.41, 5.74) is 3.65. The Hall–Kier alpha value is -2.37. The van der Waals surface area contributed by atoms with Gasteiger partial charge >= 0.3 is 11.9 Å². The van der Waals surface area contributed by atoms with E-state index in [1.54, 1.807) is 7.11 Å². The van der Waals surface area contributed by atoms with Crippen molar-refractivity contribution in [2.24, 2.45) is 22.4 Å². The highest BCUT2D eigenvalue weighted by atomic mass is 16.7. The van der Waals surface area contributed by atoms with Crippen molar-refractivity contribution in [1.29, 1.82) is 0 Å². The van der Waals surface area contributed by atoms with Gasteiger partial charge in [0.1, 0.15) is 0 Å². The van der Waals surface area contributed by atoms with Gasteiger partial charge < -0.3 is 14.3 Å². The number of fused-ring (bicyclic) bond motifs is 5. The number of rotatable bonds is 3. The van der Waals surface area contributed by atoms with Gasteiger partial charge in [0.15, 0.2) is 11.5 Å². The van der Waals surface area contributed by atoms with E-state index in [1.165, 1.54) is 25.0 Å². The van der Waals surface area contributed by atoms with E-state index in [0.29, 0.717) is 29.3 Å². The van der Waals surface area contributed by atoms with Crippen LogP contribution in [0.3, 0.4) is 0 Å². The summed E-state index contributed by atoms with van der Waals surface area (Å²) in [6.07, 6.45) is 6.18. The number of nitrogens with zero attached hydrogens (tertiary/aromatic N) is 1. The van der Waals surface area contributed by atoms with Gasteiger partial charge in [0, 0.05) is 19.3 Å². The highest BCUT2D eigenvalue weighted by Crippen LogP contribution is 2.60. The molecule has 156 valence electrons. The third-order valence-corrected chi connectivity index (χ3v) is 7.29. The lowest BCUT2D eigenvalue weighted by Gasteiger charge is -2.49. The lowest BCUT2D eigenvalue weighted by Crippen LogP contribution is -2.42. The summed E-state index contributed by atoms with van der Waals surface area (Å²) in [7, 11) is 1.61. The highest BCUT2D eigenvalue weighted by Gasteiger charge is 2.54. The Balaban J connectivity index is 1.64. The van der Waals surface area contributed by atoms with Crippen LogP contribution in [0.15, 0.2) is 17.3 Å². The minimum absolute atomic E-state index is 0.00981. The first kappa shape index (κ1) is 19.9. The van der Waals surface area contributed by atoms with Crippen LogP contribution in [-0.4, -0.2) is 24.8 Å². The van der Waals surface area contributed by atoms with Gasteiger partial charge in [-0.05, 0) is 79.5 Å². The van der Waals surface area contributed by atoms with E-state index in [2.05, 4.69) is 18.1 Å². The fourth-order valence-corrected chi connectivity index (χ4v) is 6.03. The summed E-state index contributed by atoms with van der Waals surface area (Å²) >= 11 is 0. The molecule has 0 N–H and O–H groups in total. The molecule has 0 saturated heterocycles. The van der Waals surface area contributed by atoms with Gasteiger partial charge in [-0.3, -0.25) is 4.79 Å². The Morgan fingerprint density at radius 3 is 2.55 bits per heavy atom. The SMILES string of the molecule is COc1cc2c(cc1OC(C)=O)CCC1C2CC[C@]2(C)/C(=N/OC(C)=O)CCC12. The number of carbonyl (C=O) groups is 2. The van der Waals surface area contributed by atoms with Gasteiger partial charge in [-0.15, -0.1) is 0 Å². The first-order valence-corrected chi connectivity index (χ1v) is 10.5. The topological polar surface area (TPSA) is 74.2 Å². The predicted octanol–water partition coefficient (Wildman–Crippen LogP) is 4.40. The largest absolute Gasteiger partial charge is 0.493 e. The van der Waals surface area contributed by atoms with Crippen LogP contribution in [0.5, 0.6) is 11.5 Å². The number of carbonyl (C=O) groups excluding carboxylic acids is 2. The van der Waals surface area contributed by atoms with Crippen molar-refractivity contribution in [2.75, 3.05) is 7.11 Å². The molecule has 3 unspecified atom stereocenters. The van der Waals surface area contributed by atoms with Gasteiger partial charge in [-0.1, -0.05) is 12.1 Å². The van der Waals surface area contributed by atoms with Crippen molar-refractivity contribution < 1.29 is 23.9 Å². The summed E-state index contributed by atoms with van der Waals surface area (Å²) in [5.74, 6) is 2.03. The monoisotopic (exact) mass is 399 g/mol. The summed E-state index contributed by atoms with van der Waals surface area (Å²) in [6, 6.07) is 4.07. The molecule has 3 aliphatic carbocycles. The molecule has 1 aromatic rings. The molecule has 6 heteroatoms. The van der Waals surface area contributed by atoms with Crippen molar-refractivity contribution in [3.05, 3.63) is 23.3 Å². The van der Waals surface area contributed by atoms with Crippen LogP contribution in [0.2, 0.25) is 0 Å². The number of benzene rings is 1. The number of hydrogen-bond donors (Lipinski definition) is 0. The maximum atomic E-state index is 11.4. The molecule has 3 aliphatic rings. The van der Waals surface area contributed by atoms with E-state index in [4.69, 9.17) is 14.3 Å². The third kappa shape index (κ3) is 3.43. The summed E-state index contributed by atoms with van der Waals surface area (Å²) in [5, 5.41) is 4.23. The van der Waals surface area contributed by atoms with Crippen molar-refractivity contribution >= 4 is 17.7 Å². The summed E-state index contributed by atoms with van der Waals surface area (Å²) in [6.45, 7) is 5.10. The van der Waals surface area contributed by atoms with E-state index < -0.39 is 0 Å². The van der Waals surface area contributed by atoms with Crippen LogP contribution in [0.1, 0.15) is 69.9 Å². The minimum atomic E-state index is -0.361. The molecule has 0 bridgehead atoms. The molecule has 0 radical (unpaired) electrons. The Morgan fingerprint density at radius 2 is 1.86 bits per heavy atom. The van der Waals surface area contributed by atoms with Crippen LogP contribution in [0.4, 0.5) is 0 Å². The maximum Gasteiger partial charge on any atom is 0.331 e. The van der Waals surface area contributed by atoms with E-state index >= 15 is 0 Å². The molecule has 6 nitrogen and oxygen atoms in total. The molecular formula is C23H29NO5. The lowest BCUT2D eigenvalue weighted by molar-refractivity contribution is -0.141. The van der Waals surface area contributed by atoms with Crippen molar-refractivity contribution in [2.45, 2.75) is 65.2 Å². The number of oxime groups is 1. The van der Waals surface area contributed by atoms with Crippen LogP contribution in [0, 0.1) is 17.3 Å². The molecule has 0 heterocycles. The average Bonchev–Trinajstić information content (AvgIpc) is 3.01. The summed E-state index contributed by atoms with van der Waals surface area (Å²) in [4.78, 5) is 27.7. The number of aryl methyl sites for hydroxylation is 1. The molecule has 0 amide bonds. The first-order valence-electron chi connectivity index (χ1n) is 10.5. The Labute approximate surface area is 171 Å². The fraction of sp³-hybridized carbons (Fsp3) is 0.609. The van der Waals surface area contributed by atoms with Crippen LogP contribution in [-0.2, 0) is 20.8 Å². The Morgan fingerprint density at radius 1 is 1.07 bits per heavy atom. The molecule has 0 aliphatic heterocycles. The zero-order valence-corrected chi connectivity index (χ0v) is 17.6. The van der Waals surface area contributed by atoms with E-state index in [0.717, 1.165) is 44.2 Å². The van der Waals surface area contributed by atoms with Crippen LogP contribution < -0.4 is 9.47 Å². The first-order chi connectivity index (χ1) is 13.8. The smallest absolute Gasteiger partial charge is 0.331 e. The van der Waals surface area contributed by atoms with Crippen molar-refractivity contribution in [3.8, 4) is 11.5 Å². The van der Waals surface area contributed by atoms with E-state index in [9.17, 15) is 9.59 Å². The highest BCUT2D eigenvalue weighted by molar-refractivity contribution is 5.92. The second kappa shape index (κ2) is 7.47. The number of hydrogen-bond acceptors (Lipinski definition) is 6. The van der Waals surface area contributed by atoms with Gasteiger partial charge in [-0.2, -0.15) is 0 Å². The maximum absolute atomic E-state index is 11.4. The van der Waals surface area contributed by atoms with Crippen molar-refractivity contribution in [3.63, 3.8) is 0 Å². The molecule has 0 spiro atoms. The molecule has 2 saturated carbocycles. The van der Waals surface area contributed by atoms with Gasteiger partial charge in [0.25, 0.3) is 0 Å².